The number of allylic oxidation sites excluding steroid dienone is 5. The van der Waals surface area contributed by atoms with Gasteiger partial charge in [0.2, 0.25) is 5.91 Å². The van der Waals surface area contributed by atoms with Gasteiger partial charge in [0.05, 0.1) is 0 Å². The van der Waals surface area contributed by atoms with E-state index in [1.807, 2.05) is 56.8 Å². The van der Waals surface area contributed by atoms with Gasteiger partial charge in [-0.25, -0.2) is 4.39 Å². The van der Waals surface area contributed by atoms with Gasteiger partial charge >= 0.3 is 0 Å². The van der Waals surface area contributed by atoms with Gasteiger partial charge in [0.15, 0.2) is 0 Å². The second-order valence-electron chi connectivity index (χ2n) is 10.9. The minimum absolute atomic E-state index is 0.104. The van der Waals surface area contributed by atoms with E-state index in [1.165, 1.54) is 11.6 Å². The molecule has 3 aromatic rings. The zero-order chi connectivity index (χ0) is 28.2. The Bertz CT molecular complexity index is 1500. The Morgan fingerprint density at radius 2 is 1.90 bits per heavy atom. The molecular weight excluding hydrogens is 499 g/mol. The number of carbonyl (C=O) groups excluding carboxylic acids is 1. The molecule has 0 spiro atoms. The van der Waals surface area contributed by atoms with Crippen molar-refractivity contribution in [3.63, 3.8) is 0 Å². The predicted octanol–water partition coefficient (Wildman–Crippen LogP) is 6.52. The first-order valence-corrected chi connectivity index (χ1v) is 14.0. The smallest absolute Gasteiger partial charge is 0.246 e. The van der Waals surface area contributed by atoms with Crippen LogP contribution in [0.5, 0.6) is 0 Å². The molecule has 2 N–H and O–H groups in total. The summed E-state index contributed by atoms with van der Waals surface area (Å²) in [5, 5.41) is 6.60. The van der Waals surface area contributed by atoms with Crippen molar-refractivity contribution in [3.05, 3.63) is 118 Å². The average molecular weight is 537 g/mol. The van der Waals surface area contributed by atoms with Gasteiger partial charge in [-0.3, -0.25) is 9.78 Å². The van der Waals surface area contributed by atoms with E-state index in [0.717, 1.165) is 58.6 Å². The van der Waals surface area contributed by atoms with E-state index < -0.39 is 6.04 Å². The maximum atomic E-state index is 14.6. The molecule has 5 rings (SSSR count). The lowest BCUT2D eigenvalue weighted by atomic mass is 9.85. The van der Waals surface area contributed by atoms with Crippen LogP contribution in [0, 0.1) is 5.82 Å². The molecule has 1 amide bonds. The lowest BCUT2D eigenvalue weighted by Gasteiger charge is -2.31. The molecule has 6 heteroatoms. The summed E-state index contributed by atoms with van der Waals surface area (Å²) in [6.45, 7) is 5.79. The van der Waals surface area contributed by atoms with Gasteiger partial charge in [0.1, 0.15) is 11.9 Å². The van der Waals surface area contributed by atoms with Gasteiger partial charge in [0.25, 0.3) is 0 Å². The maximum absolute atomic E-state index is 14.6. The summed E-state index contributed by atoms with van der Waals surface area (Å²) in [5.41, 5.74) is 8.72. The summed E-state index contributed by atoms with van der Waals surface area (Å²) in [6, 6.07) is 14.9. The van der Waals surface area contributed by atoms with E-state index >= 15 is 0 Å². The third-order valence-electron chi connectivity index (χ3n) is 7.68. The van der Waals surface area contributed by atoms with Crippen molar-refractivity contribution >= 4 is 11.5 Å². The Labute approximate surface area is 236 Å². The number of hydrogen-bond acceptors (Lipinski definition) is 4. The van der Waals surface area contributed by atoms with Crippen LogP contribution in [-0.2, 0) is 11.3 Å². The second kappa shape index (κ2) is 12.1. The normalized spacial score (nSPS) is 18.8. The van der Waals surface area contributed by atoms with Gasteiger partial charge < -0.3 is 15.5 Å². The molecule has 1 aliphatic carbocycles. The standard InChI is InChI=1S/C34H37FN4O/c1-5-24-10-12-27(13-15-29(24)30-8-6-7-9-32(30)35)38-34(40)33-31-17-25(11-14-28(31)22(2)18-37-33)26-16-23(19-36-20-26)21-39(3)4/h6-9,11-17,19-20,22,33,37H,5,10,18,21H2,1-4H3,(H,38,40). The minimum Gasteiger partial charge on any atom is -0.325 e. The van der Waals surface area contributed by atoms with Crippen LogP contribution in [0.2, 0.25) is 0 Å². The summed E-state index contributed by atoms with van der Waals surface area (Å²) in [4.78, 5) is 20.3. The highest BCUT2D eigenvalue weighted by Gasteiger charge is 2.30. The molecule has 2 aromatic carbocycles. The van der Waals surface area contributed by atoms with Gasteiger partial charge in [-0.05, 0) is 85.0 Å². The Morgan fingerprint density at radius 1 is 1.07 bits per heavy atom. The molecule has 2 heterocycles. The lowest BCUT2D eigenvalue weighted by molar-refractivity contribution is -0.122. The van der Waals surface area contributed by atoms with Crippen molar-refractivity contribution < 1.29 is 9.18 Å². The first-order valence-electron chi connectivity index (χ1n) is 14.0. The van der Waals surface area contributed by atoms with Crippen molar-refractivity contribution in [1.82, 2.24) is 20.5 Å². The fraction of sp³-hybridized carbons (Fsp3) is 0.294. The predicted molar refractivity (Wildman–Crippen MR) is 160 cm³/mol. The number of aromatic nitrogens is 1. The first kappa shape index (κ1) is 27.7. The number of nitrogens with one attached hydrogen (secondary N) is 2. The average Bonchev–Trinajstić information content (AvgIpc) is 3.15. The zero-order valence-electron chi connectivity index (χ0n) is 23.7. The third kappa shape index (κ3) is 5.98. The van der Waals surface area contributed by atoms with Crippen molar-refractivity contribution in [2.24, 2.45) is 0 Å². The Hall–Kier alpha value is -3.87. The lowest BCUT2D eigenvalue weighted by Crippen LogP contribution is -2.42. The molecule has 0 radical (unpaired) electrons. The first-order chi connectivity index (χ1) is 19.3. The topological polar surface area (TPSA) is 57.3 Å². The summed E-state index contributed by atoms with van der Waals surface area (Å²) >= 11 is 0. The monoisotopic (exact) mass is 536 g/mol. The molecule has 0 saturated carbocycles. The Morgan fingerprint density at radius 3 is 2.67 bits per heavy atom. The van der Waals surface area contributed by atoms with Crippen molar-refractivity contribution in [1.29, 1.82) is 0 Å². The quantitative estimate of drug-likeness (QED) is 0.361. The molecule has 206 valence electrons. The number of carbonyl (C=O) groups is 1. The van der Waals surface area contributed by atoms with Crippen LogP contribution in [0.3, 0.4) is 0 Å². The van der Waals surface area contributed by atoms with Crippen molar-refractivity contribution in [3.8, 4) is 11.1 Å². The number of pyridine rings is 1. The van der Waals surface area contributed by atoms with Crippen LogP contribution in [0.25, 0.3) is 16.7 Å². The number of rotatable bonds is 7. The van der Waals surface area contributed by atoms with E-state index in [9.17, 15) is 9.18 Å². The summed E-state index contributed by atoms with van der Waals surface area (Å²) in [5.74, 6) is -0.0491. The molecule has 2 aliphatic rings. The molecule has 1 aliphatic heterocycles. The molecule has 2 atom stereocenters. The molecule has 40 heavy (non-hydrogen) atoms. The molecule has 1 aromatic heterocycles. The summed E-state index contributed by atoms with van der Waals surface area (Å²) < 4.78 is 14.6. The fourth-order valence-electron chi connectivity index (χ4n) is 5.60. The fourth-order valence-corrected chi connectivity index (χ4v) is 5.60. The number of halogens is 1. The number of hydrogen-bond donors (Lipinski definition) is 2. The molecular formula is C34H37FN4O. The van der Waals surface area contributed by atoms with Gasteiger partial charge in [0, 0.05) is 42.3 Å². The zero-order valence-corrected chi connectivity index (χ0v) is 23.7. The Balaban J connectivity index is 1.40. The van der Waals surface area contributed by atoms with Crippen molar-refractivity contribution in [2.45, 2.75) is 45.2 Å². The Kier molecular flexibility index (Phi) is 8.38. The maximum Gasteiger partial charge on any atom is 0.246 e. The second-order valence-corrected chi connectivity index (χ2v) is 10.9. The van der Waals surface area contributed by atoms with Crippen LogP contribution < -0.4 is 10.6 Å². The van der Waals surface area contributed by atoms with E-state index in [4.69, 9.17) is 0 Å². The van der Waals surface area contributed by atoms with Crippen LogP contribution in [-0.4, -0.2) is 36.4 Å². The van der Waals surface area contributed by atoms with Crippen LogP contribution in [0.15, 0.2) is 90.4 Å². The number of fused-ring (bicyclic) bond motifs is 1. The van der Waals surface area contributed by atoms with Crippen LogP contribution in [0.1, 0.15) is 60.9 Å². The van der Waals surface area contributed by atoms with E-state index in [-0.39, 0.29) is 11.7 Å². The summed E-state index contributed by atoms with van der Waals surface area (Å²) in [7, 11) is 4.08. The van der Waals surface area contributed by atoms with Gasteiger partial charge in [-0.1, -0.05) is 61.9 Å². The number of nitrogens with zero attached hydrogens (tertiary/aromatic N) is 2. The SMILES string of the molecule is CCC1=C(c2ccccc2F)C=CC(NC(=O)C2NCC(C)c3ccc(-c4cncc(CN(C)C)c4)cc32)=CC1. The molecule has 0 fully saturated rings. The molecule has 2 unspecified atom stereocenters. The highest BCUT2D eigenvalue weighted by Crippen LogP contribution is 2.35. The van der Waals surface area contributed by atoms with Crippen LogP contribution in [0.4, 0.5) is 4.39 Å². The molecule has 0 bridgehead atoms. The van der Waals surface area contributed by atoms with E-state index in [2.05, 4.69) is 58.6 Å². The van der Waals surface area contributed by atoms with E-state index in [0.29, 0.717) is 17.9 Å². The summed E-state index contributed by atoms with van der Waals surface area (Å²) in [6.07, 6.45) is 11.0. The highest BCUT2D eigenvalue weighted by atomic mass is 19.1. The van der Waals surface area contributed by atoms with E-state index in [1.54, 1.807) is 6.07 Å². The molecule has 0 saturated heterocycles. The third-order valence-corrected chi connectivity index (χ3v) is 7.68. The number of benzene rings is 2. The van der Waals surface area contributed by atoms with Gasteiger partial charge in [-0.2, -0.15) is 0 Å². The number of amides is 1. The van der Waals surface area contributed by atoms with Crippen LogP contribution >= 0.6 is 0 Å². The van der Waals surface area contributed by atoms with Gasteiger partial charge in [-0.15, -0.1) is 0 Å². The largest absolute Gasteiger partial charge is 0.325 e. The highest BCUT2D eigenvalue weighted by molar-refractivity contribution is 5.87. The molecule has 5 nitrogen and oxygen atoms in total. The van der Waals surface area contributed by atoms with Crippen molar-refractivity contribution in [2.75, 3.05) is 20.6 Å². The minimum atomic E-state index is -0.480.